The molecule has 2 unspecified atom stereocenters. The SMILES string of the molecule is O=C1CN(Cc2ccccc2)CC2=C1C(c1ccc(F)c(Br)c1)C1C(=O)CCC1=N2. The van der Waals surface area contributed by atoms with Gasteiger partial charge in [-0.2, -0.15) is 0 Å². The highest BCUT2D eigenvalue weighted by Gasteiger charge is 2.46. The molecule has 0 N–H and O–H groups in total. The van der Waals surface area contributed by atoms with Gasteiger partial charge in [0.25, 0.3) is 0 Å². The summed E-state index contributed by atoms with van der Waals surface area (Å²) in [6.45, 7) is 1.53. The minimum atomic E-state index is -0.411. The van der Waals surface area contributed by atoms with E-state index in [1.165, 1.54) is 6.07 Å². The van der Waals surface area contributed by atoms with Crippen LogP contribution in [0.25, 0.3) is 0 Å². The zero-order chi connectivity index (χ0) is 20.8. The minimum Gasteiger partial charge on any atom is -0.299 e. The minimum absolute atomic E-state index is 0.000119. The summed E-state index contributed by atoms with van der Waals surface area (Å²) in [7, 11) is 0. The molecule has 0 aromatic heterocycles. The molecule has 5 rings (SSSR count). The largest absolute Gasteiger partial charge is 0.299 e. The zero-order valence-corrected chi connectivity index (χ0v) is 17.9. The van der Waals surface area contributed by atoms with Gasteiger partial charge in [0, 0.05) is 36.7 Å². The maximum atomic E-state index is 13.9. The van der Waals surface area contributed by atoms with Crippen LogP contribution in [-0.2, 0) is 16.1 Å². The summed E-state index contributed by atoms with van der Waals surface area (Å²) in [6, 6.07) is 14.8. The lowest BCUT2D eigenvalue weighted by molar-refractivity contribution is -0.120. The van der Waals surface area contributed by atoms with Gasteiger partial charge < -0.3 is 0 Å². The number of hydrogen-bond acceptors (Lipinski definition) is 4. The molecule has 4 nitrogen and oxygen atoms in total. The van der Waals surface area contributed by atoms with E-state index in [1.54, 1.807) is 12.1 Å². The van der Waals surface area contributed by atoms with Crippen LogP contribution in [0.5, 0.6) is 0 Å². The molecule has 0 bridgehead atoms. The topological polar surface area (TPSA) is 49.7 Å². The fourth-order valence-corrected chi connectivity index (χ4v) is 5.26. The van der Waals surface area contributed by atoms with E-state index >= 15 is 0 Å². The number of aliphatic imine (C=N–C) groups is 1. The fraction of sp³-hybridized carbons (Fsp3) is 0.292. The number of nitrogens with zero attached hydrogens (tertiary/aromatic N) is 2. The van der Waals surface area contributed by atoms with E-state index in [-0.39, 0.29) is 23.3 Å². The van der Waals surface area contributed by atoms with Crippen molar-refractivity contribution >= 4 is 33.2 Å². The Balaban J connectivity index is 1.55. The molecule has 1 saturated carbocycles. The van der Waals surface area contributed by atoms with Crippen molar-refractivity contribution in [1.29, 1.82) is 0 Å². The number of Topliss-reactive ketones (excluding diaryl/α,β-unsaturated/α-hetero) is 2. The molecule has 0 saturated heterocycles. The molecule has 1 aliphatic carbocycles. The first-order valence-corrected chi connectivity index (χ1v) is 10.9. The Bertz CT molecular complexity index is 1110. The quantitative estimate of drug-likeness (QED) is 0.671. The summed E-state index contributed by atoms with van der Waals surface area (Å²) in [5.74, 6) is -1.04. The Morgan fingerprint density at radius 3 is 2.60 bits per heavy atom. The second kappa shape index (κ2) is 7.67. The highest BCUT2D eigenvalue weighted by atomic mass is 79.9. The summed E-state index contributed by atoms with van der Waals surface area (Å²) in [5, 5.41) is 0. The van der Waals surface area contributed by atoms with Crippen molar-refractivity contribution in [3.05, 3.63) is 81.2 Å². The van der Waals surface area contributed by atoms with Crippen molar-refractivity contribution in [1.82, 2.24) is 4.90 Å². The molecule has 3 aliphatic rings. The standard InChI is InChI=1S/C24H20BrFN2O2/c25-16-10-15(6-7-17(16)26)22-23-18(8-9-20(23)29)27-19-12-28(13-21(30)24(19)22)11-14-4-2-1-3-5-14/h1-7,10,22-23H,8-9,11-13H2. The number of halogens is 2. The lowest BCUT2D eigenvalue weighted by Gasteiger charge is -2.37. The van der Waals surface area contributed by atoms with E-state index < -0.39 is 5.92 Å². The van der Waals surface area contributed by atoms with E-state index in [0.29, 0.717) is 42.5 Å². The number of carbonyl (C=O) groups is 2. The van der Waals surface area contributed by atoms with Crippen molar-refractivity contribution in [3.63, 3.8) is 0 Å². The van der Waals surface area contributed by atoms with Crippen LogP contribution in [0, 0.1) is 11.7 Å². The molecule has 2 atom stereocenters. The third kappa shape index (κ3) is 3.38. The van der Waals surface area contributed by atoms with Crippen LogP contribution in [0.1, 0.15) is 29.9 Å². The van der Waals surface area contributed by atoms with Crippen LogP contribution in [0.4, 0.5) is 4.39 Å². The van der Waals surface area contributed by atoms with Crippen molar-refractivity contribution in [3.8, 4) is 0 Å². The van der Waals surface area contributed by atoms with Crippen LogP contribution < -0.4 is 0 Å². The van der Waals surface area contributed by atoms with Crippen LogP contribution in [-0.4, -0.2) is 35.3 Å². The zero-order valence-electron chi connectivity index (χ0n) is 16.3. The Kier molecular flexibility index (Phi) is 4.99. The van der Waals surface area contributed by atoms with E-state index in [1.807, 2.05) is 30.3 Å². The van der Waals surface area contributed by atoms with Gasteiger partial charge in [0.15, 0.2) is 5.78 Å². The third-order valence-corrected chi connectivity index (χ3v) is 6.77. The molecule has 2 aromatic carbocycles. The third-order valence-electron chi connectivity index (χ3n) is 6.16. The maximum Gasteiger partial charge on any atom is 0.175 e. The van der Waals surface area contributed by atoms with Gasteiger partial charge in [-0.1, -0.05) is 36.4 Å². The lowest BCUT2D eigenvalue weighted by Crippen LogP contribution is -2.42. The van der Waals surface area contributed by atoms with E-state index in [4.69, 9.17) is 4.99 Å². The smallest absolute Gasteiger partial charge is 0.175 e. The lowest BCUT2D eigenvalue weighted by atomic mass is 9.73. The number of rotatable bonds is 3. The van der Waals surface area contributed by atoms with Crippen molar-refractivity contribution in [2.45, 2.75) is 25.3 Å². The Labute approximate surface area is 182 Å². The molecule has 1 fully saturated rings. The van der Waals surface area contributed by atoms with Gasteiger partial charge in [0.05, 0.1) is 22.6 Å². The van der Waals surface area contributed by atoms with Crippen LogP contribution in [0.3, 0.4) is 0 Å². The van der Waals surface area contributed by atoms with Gasteiger partial charge in [-0.25, -0.2) is 4.39 Å². The second-order valence-electron chi connectivity index (χ2n) is 8.11. The molecule has 2 aliphatic heterocycles. The van der Waals surface area contributed by atoms with Crippen LogP contribution >= 0.6 is 15.9 Å². The van der Waals surface area contributed by atoms with Crippen molar-refractivity contribution in [2.24, 2.45) is 10.9 Å². The molecule has 2 aromatic rings. The number of fused-ring (bicyclic) bond motifs is 1. The molecular formula is C24H20BrFN2O2. The fourth-order valence-electron chi connectivity index (χ4n) is 4.86. The monoisotopic (exact) mass is 466 g/mol. The number of ketones is 2. The maximum absolute atomic E-state index is 13.9. The number of benzene rings is 2. The van der Waals surface area contributed by atoms with E-state index in [2.05, 4.69) is 20.8 Å². The van der Waals surface area contributed by atoms with Gasteiger partial charge in [0.1, 0.15) is 11.6 Å². The molecule has 0 amide bonds. The highest BCUT2D eigenvalue weighted by Crippen LogP contribution is 2.45. The summed E-state index contributed by atoms with van der Waals surface area (Å²) < 4.78 is 14.2. The number of carbonyl (C=O) groups excluding carboxylic acids is 2. The van der Waals surface area contributed by atoms with Gasteiger partial charge in [-0.3, -0.25) is 19.5 Å². The first-order chi connectivity index (χ1) is 14.5. The highest BCUT2D eigenvalue weighted by molar-refractivity contribution is 9.10. The van der Waals surface area contributed by atoms with Gasteiger partial charge >= 0.3 is 0 Å². The summed E-state index contributed by atoms with van der Waals surface area (Å²) in [5.41, 5.74) is 4.17. The van der Waals surface area contributed by atoms with Crippen molar-refractivity contribution < 1.29 is 14.0 Å². The molecule has 2 heterocycles. The van der Waals surface area contributed by atoms with Gasteiger partial charge in [0.2, 0.25) is 0 Å². The normalized spacial score (nSPS) is 24.0. The molecule has 30 heavy (non-hydrogen) atoms. The van der Waals surface area contributed by atoms with Crippen LogP contribution in [0.15, 0.2) is 69.3 Å². The summed E-state index contributed by atoms with van der Waals surface area (Å²) in [6.07, 6.45) is 1.08. The Morgan fingerprint density at radius 2 is 1.83 bits per heavy atom. The molecule has 0 spiro atoms. The van der Waals surface area contributed by atoms with E-state index in [9.17, 15) is 14.0 Å². The predicted octanol–water partition coefficient (Wildman–Crippen LogP) is 4.44. The van der Waals surface area contributed by atoms with Gasteiger partial charge in [-0.05, 0) is 45.6 Å². The van der Waals surface area contributed by atoms with Gasteiger partial charge in [-0.15, -0.1) is 0 Å². The van der Waals surface area contributed by atoms with Crippen molar-refractivity contribution in [2.75, 3.05) is 13.1 Å². The first-order valence-electron chi connectivity index (χ1n) is 10.1. The summed E-state index contributed by atoms with van der Waals surface area (Å²) >= 11 is 3.25. The number of hydrogen-bond donors (Lipinski definition) is 0. The van der Waals surface area contributed by atoms with Crippen LogP contribution in [0.2, 0.25) is 0 Å². The van der Waals surface area contributed by atoms with E-state index in [0.717, 1.165) is 22.5 Å². The Hall–Kier alpha value is -2.44. The Morgan fingerprint density at radius 1 is 1.03 bits per heavy atom. The molecule has 152 valence electrons. The predicted molar refractivity (Wildman–Crippen MR) is 116 cm³/mol. The first kappa shape index (κ1) is 19.5. The molecule has 6 heteroatoms. The average molecular weight is 467 g/mol. The molecule has 0 radical (unpaired) electrons. The summed E-state index contributed by atoms with van der Waals surface area (Å²) in [4.78, 5) is 32.9. The average Bonchev–Trinajstić information content (AvgIpc) is 3.10. The molecular weight excluding hydrogens is 447 g/mol. The second-order valence-corrected chi connectivity index (χ2v) is 8.97.